The van der Waals surface area contributed by atoms with Crippen molar-refractivity contribution in [1.29, 1.82) is 0 Å². The maximum absolute atomic E-state index is 13.1. The van der Waals surface area contributed by atoms with Crippen LogP contribution in [0.25, 0.3) is 5.76 Å². The summed E-state index contributed by atoms with van der Waals surface area (Å²) >= 11 is 0. The molecule has 2 aromatic rings. The first-order valence-electron chi connectivity index (χ1n) is 11.7. The summed E-state index contributed by atoms with van der Waals surface area (Å²) in [5, 5.41) is 11.1. The molecule has 0 aliphatic carbocycles. The predicted molar refractivity (Wildman–Crippen MR) is 128 cm³/mol. The van der Waals surface area contributed by atoms with Crippen molar-refractivity contribution in [3.8, 4) is 0 Å². The molecule has 0 spiro atoms. The van der Waals surface area contributed by atoms with Gasteiger partial charge < -0.3 is 14.7 Å². The number of Topliss-reactive ketones (excluding diaryl/α,β-unsaturated/α-hetero) is 1. The number of amides is 1. The first-order chi connectivity index (χ1) is 16.0. The summed E-state index contributed by atoms with van der Waals surface area (Å²) in [5.41, 5.74) is 2.72. The molecule has 1 amide bonds. The smallest absolute Gasteiger partial charge is 0.295 e. The Hall–Kier alpha value is -2.96. The highest BCUT2D eigenvalue weighted by Gasteiger charge is 2.45. The van der Waals surface area contributed by atoms with E-state index >= 15 is 0 Å². The van der Waals surface area contributed by atoms with E-state index in [9.17, 15) is 14.7 Å². The van der Waals surface area contributed by atoms with E-state index in [1.807, 2.05) is 30.3 Å². The van der Waals surface area contributed by atoms with Crippen molar-refractivity contribution in [3.63, 3.8) is 0 Å². The molecule has 1 N–H and O–H groups in total. The fraction of sp³-hybridized carbons (Fsp3) is 0.407. The van der Waals surface area contributed by atoms with Crippen molar-refractivity contribution in [2.75, 3.05) is 39.4 Å². The first-order valence-corrected chi connectivity index (χ1v) is 11.7. The molecule has 0 unspecified atom stereocenters. The van der Waals surface area contributed by atoms with Gasteiger partial charge in [-0.2, -0.15) is 0 Å². The van der Waals surface area contributed by atoms with Gasteiger partial charge in [-0.25, -0.2) is 0 Å². The lowest BCUT2D eigenvalue weighted by molar-refractivity contribution is -0.140. The Morgan fingerprint density at radius 3 is 2.30 bits per heavy atom. The number of nitrogens with zero attached hydrogens (tertiary/aromatic N) is 2. The number of benzene rings is 2. The van der Waals surface area contributed by atoms with Gasteiger partial charge in [0.05, 0.1) is 24.8 Å². The molecule has 4 rings (SSSR count). The standard InChI is InChI=1S/C27H32N2O4/c1-19(2)20-9-11-21(12-10-20)24-23(25(30)22-7-4-3-5-8-22)26(31)27(32)29(24)14-6-13-28-15-17-33-18-16-28/h3-5,7-12,19,24,30H,6,13-18H2,1-2H3/t24-/m1/s1. The van der Waals surface area contributed by atoms with E-state index in [-0.39, 0.29) is 11.3 Å². The summed E-state index contributed by atoms with van der Waals surface area (Å²) in [7, 11) is 0. The first kappa shape index (κ1) is 23.2. The highest BCUT2D eigenvalue weighted by atomic mass is 16.5. The number of ketones is 1. The molecule has 6 nitrogen and oxygen atoms in total. The van der Waals surface area contributed by atoms with Gasteiger partial charge in [0.15, 0.2) is 0 Å². The fourth-order valence-electron chi connectivity index (χ4n) is 4.56. The molecule has 2 aromatic carbocycles. The molecule has 2 aliphatic heterocycles. The van der Waals surface area contributed by atoms with Gasteiger partial charge in [0.2, 0.25) is 0 Å². The Balaban J connectivity index is 1.66. The molecule has 6 heteroatoms. The number of aliphatic hydroxyl groups excluding tert-OH is 1. The van der Waals surface area contributed by atoms with Crippen LogP contribution in [0.3, 0.4) is 0 Å². The number of morpholine rings is 1. The minimum Gasteiger partial charge on any atom is -0.507 e. The van der Waals surface area contributed by atoms with E-state index in [1.165, 1.54) is 5.56 Å². The number of hydrogen-bond acceptors (Lipinski definition) is 5. The second-order valence-corrected chi connectivity index (χ2v) is 8.99. The Kier molecular flexibility index (Phi) is 7.26. The lowest BCUT2D eigenvalue weighted by Gasteiger charge is -2.29. The molecule has 2 aliphatic rings. The Morgan fingerprint density at radius 2 is 1.67 bits per heavy atom. The van der Waals surface area contributed by atoms with Gasteiger partial charge in [-0.1, -0.05) is 68.4 Å². The van der Waals surface area contributed by atoms with E-state index in [4.69, 9.17) is 4.74 Å². The van der Waals surface area contributed by atoms with E-state index in [0.717, 1.165) is 44.8 Å². The minimum atomic E-state index is -0.624. The van der Waals surface area contributed by atoms with Crippen molar-refractivity contribution in [3.05, 3.63) is 76.9 Å². The SMILES string of the molecule is CC(C)c1ccc([C@@H]2C(=C(O)c3ccccc3)C(=O)C(=O)N2CCCN2CCOCC2)cc1. The number of ether oxygens (including phenoxy) is 1. The topological polar surface area (TPSA) is 70.1 Å². The molecule has 0 radical (unpaired) electrons. The van der Waals surface area contributed by atoms with Gasteiger partial charge in [0.25, 0.3) is 11.7 Å². The average molecular weight is 449 g/mol. The van der Waals surface area contributed by atoms with E-state index in [0.29, 0.717) is 18.0 Å². The predicted octanol–water partition coefficient (Wildman–Crippen LogP) is 3.95. The third-order valence-electron chi connectivity index (χ3n) is 6.48. The summed E-state index contributed by atoms with van der Waals surface area (Å²) in [6.45, 7) is 8.76. The number of rotatable bonds is 7. The van der Waals surface area contributed by atoms with E-state index < -0.39 is 17.7 Å². The Labute approximate surface area is 195 Å². The van der Waals surface area contributed by atoms with Crippen LogP contribution in [-0.4, -0.2) is 66.0 Å². The fourth-order valence-corrected chi connectivity index (χ4v) is 4.56. The van der Waals surface area contributed by atoms with Crippen molar-refractivity contribution in [1.82, 2.24) is 9.80 Å². The zero-order valence-corrected chi connectivity index (χ0v) is 19.4. The van der Waals surface area contributed by atoms with E-state index in [1.54, 1.807) is 29.2 Å². The van der Waals surface area contributed by atoms with Crippen molar-refractivity contribution < 1.29 is 19.4 Å². The molecule has 0 aromatic heterocycles. The quantitative estimate of drug-likeness (QED) is 0.395. The highest BCUT2D eigenvalue weighted by Crippen LogP contribution is 2.39. The molecule has 0 bridgehead atoms. The number of hydrogen-bond donors (Lipinski definition) is 1. The maximum atomic E-state index is 13.1. The zero-order chi connectivity index (χ0) is 23.4. The van der Waals surface area contributed by atoms with Crippen LogP contribution in [0.1, 0.15) is 48.9 Å². The van der Waals surface area contributed by atoms with Gasteiger partial charge in [-0.15, -0.1) is 0 Å². The molecular formula is C27H32N2O4. The average Bonchev–Trinajstić information content (AvgIpc) is 3.10. The largest absolute Gasteiger partial charge is 0.507 e. The van der Waals surface area contributed by atoms with Crippen molar-refractivity contribution in [2.45, 2.75) is 32.2 Å². The molecule has 2 heterocycles. The van der Waals surface area contributed by atoms with E-state index in [2.05, 4.69) is 18.7 Å². The van der Waals surface area contributed by atoms with Crippen LogP contribution in [0.5, 0.6) is 0 Å². The molecule has 174 valence electrons. The summed E-state index contributed by atoms with van der Waals surface area (Å²) in [6, 6.07) is 16.4. The van der Waals surface area contributed by atoms with Gasteiger partial charge in [-0.05, 0) is 23.5 Å². The van der Waals surface area contributed by atoms with Crippen LogP contribution >= 0.6 is 0 Å². The molecule has 0 saturated carbocycles. The van der Waals surface area contributed by atoms with Crippen molar-refractivity contribution in [2.24, 2.45) is 0 Å². The second kappa shape index (κ2) is 10.3. The molecule has 33 heavy (non-hydrogen) atoms. The van der Waals surface area contributed by atoms with Crippen LogP contribution in [0.4, 0.5) is 0 Å². The number of likely N-dealkylation sites (tertiary alicyclic amines) is 1. The molecule has 1 atom stereocenters. The lowest BCUT2D eigenvalue weighted by Crippen LogP contribution is -2.38. The van der Waals surface area contributed by atoms with Gasteiger partial charge in [0.1, 0.15) is 5.76 Å². The number of carbonyl (C=O) groups excluding carboxylic acids is 2. The second-order valence-electron chi connectivity index (χ2n) is 8.99. The van der Waals surface area contributed by atoms with Gasteiger partial charge >= 0.3 is 0 Å². The normalized spacial score (nSPS) is 21.2. The van der Waals surface area contributed by atoms with Crippen LogP contribution in [0.15, 0.2) is 60.2 Å². The maximum Gasteiger partial charge on any atom is 0.295 e. The number of aliphatic hydroxyl groups is 1. The summed E-state index contributed by atoms with van der Waals surface area (Å²) in [6.07, 6.45) is 0.749. The minimum absolute atomic E-state index is 0.123. The van der Waals surface area contributed by atoms with Crippen LogP contribution < -0.4 is 0 Å². The van der Waals surface area contributed by atoms with Crippen molar-refractivity contribution >= 4 is 17.4 Å². The van der Waals surface area contributed by atoms with Gasteiger partial charge in [0, 0.05) is 31.7 Å². The highest BCUT2D eigenvalue weighted by molar-refractivity contribution is 6.46. The summed E-state index contributed by atoms with van der Waals surface area (Å²) in [4.78, 5) is 30.2. The molecule has 2 fully saturated rings. The third-order valence-corrected chi connectivity index (χ3v) is 6.48. The molecular weight excluding hydrogens is 416 g/mol. The summed E-state index contributed by atoms with van der Waals surface area (Å²) in [5.74, 6) is -0.918. The Morgan fingerprint density at radius 1 is 1.00 bits per heavy atom. The number of carbonyl (C=O) groups is 2. The molecule has 2 saturated heterocycles. The Bertz CT molecular complexity index is 1010. The lowest BCUT2D eigenvalue weighted by atomic mass is 9.93. The monoisotopic (exact) mass is 448 g/mol. The van der Waals surface area contributed by atoms with Crippen LogP contribution in [0.2, 0.25) is 0 Å². The van der Waals surface area contributed by atoms with Gasteiger partial charge in [-0.3, -0.25) is 14.5 Å². The third kappa shape index (κ3) is 5.02. The zero-order valence-electron chi connectivity index (χ0n) is 19.4. The van der Waals surface area contributed by atoms with Crippen LogP contribution in [-0.2, 0) is 14.3 Å². The summed E-state index contributed by atoms with van der Waals surface area (Å²) < 4.78 is 5.41. The van der Waals surface area contributed by atoms with Crippen LogP contribution in [0, 0.1) is 0 Å².